The molecule has 8 nitrogen and oxygen atoms in total. The van der Waals surface area contributed by atoms with E-state index in [2.05, 4.69) is 25.6 Å². The summed E-state index contributed by atoms with van der Waals surface area (Å²) in [7, 11) is 7.25. The zero-order chi connectivity index (χ0) is 16.0. The second-order valence-electron chi connectivity index (χ2n) is 5.08. The maximum Gasteiger partial charge on any atom is 0.231 e. The average molecular weight is 295 g/mol. The van der Waals surface area contributed by atoms with E-state index in [0.717, 1.165) is 6.54 Å². The maximum atomic E-state index is 11.6. The number of rotatable bonds is 7. The molecular weight excluding hydrogens is 270 g/mol. The predicted octanol–water partition coefficient (Wildman–Crippen LogP) is 0.188. The van der Waals surface area contributed by atoms with Gasteiger partial charge >= 0.3 is 0 Å². The Morgan fingerprint density at radius 1 is 1.19 bits per heavy atom. The van der Waals surface area contributed by atoms with Crippen LogP contribution in [0.1, 0.15) is 13.8 Å². The molecule has 0 aliphatic rings. The van der Waals surface area contributed by atoms with E-state index in [1.54, 1.807) is 7.05 Å². The van der Waals surface area contributed by atoms with Crippen LogP contribution in [0, 0.1) is 5.92 Å². The summed E-state index contributed by atoms with van der Waals surface area (Å²) in [5.74, 6) is 1.50. The molecule has 1 aromatic rings. The highest BCUT2D eigenvalue weighted by atomic mass is 16.1. The monoisotopic (exact) mass is 295 g/mol. The lowest BCUT2D eigenvalue weighted by atomic mass is 10.1. The number of nitrogens with one attached hydrogen (secondary N) is 2. The van der Waals surface area contributed by atoms with Crippen LogP contribution in [0.4, 0.5) is 17.8 Å². The summed E-state index contributed by atoms with van der Waals surface area (Å²) in [6.45, 7) is 5.11. The Hall–Kier alpha value is -2.12. The van der Waals surface area contributed by atoms with Crippen molar-refractivity contribution >= 4 is 23.8 Å². The number of carbonyl (C=O) groups is 1. The first-order valence-electron chi connectivity index (χ1n) is 6.99. The van der Waals surface area contributed by atoms with Crippen LogP contribution in [0.25, 0.3) is 0 Å². The highest BCUT2D eigenvalue weighted by Gasteiger charge is 2.17. The summed E-state index contributed by atoms with van der Waals surface area (Å²) in [5.41, 5.74) is 0. The van der Waals surface area contributed by atoms with Crippen molar-refractivity contribution in [3.05, 3.63) is 0 Å². The van der Waals surface area contributed by atoms with Gasteiger partial charge in [0.2, 0.25) is 23.8 Å². The van der Waals surface area contributed by atoms with Gasteiger partial charge in [0.05, 0.1) is 5.92 Å². The number of anilines is 3. The van der Waals surface area contributed by atoms with E-state index >= 15 is 0 Å². The Morgan fingerprint density at radius 3 is 2.33 bits per heavy atom. The maximum absolute atomic E-state index is 11.6. The quantitative estimate of drug-likeness (QED) is 0.742. The number of carbonyl (C=O) groups excluding carboxylic acids is 1. The van der Waals surface area contributed by atoms with E-state index < -0.39 is 0 Å². The van der Waals surface area contributed by atoms with Gasteiger partial charge in [-0.3, -0.25) is 4.79 Å². The van der Waals surface area contributed by atoms with Gasteiger partial charge in [0.25, 0.3) is 0 Å². The number of nitrogens with zero attached hydrogens (tertiary/aromatic N) is 5. The Labute approximate surface area is 126 Å². The lowest BCUT2D eigenvalue weighted by molar-refractivity contribution is -0.123. The van der Waals surface area contributed by atoms with Gasteiger partial charge in [-0.05, 0) is 6.92 Å². The highest BCUT2D eigenvalue weighted by Crippen LogP contribution is 2.15. The minimum absolute atomic E-state index is 0.00403. The fraction of sp³-hybridized carbons (Fsp3) is 0.692. The fourth-order valence-electron chi connectivity index (χ4n) is 1.78. The van der Waals surface area contributed by atoms with Crippen molar-refractivity contribution in [2.75, 3.05) is 56.4 Å². The molecule has 0 saturated heterocycles. The summed E-state index contributed by atoms with van der Waals surface area (Å²) < 4.78 is 0. The molecule has 0 saturated carbocycles. The minimum Gasteiger partial charge on any atom is -0.359 e. The summed E-state index contributed by atoms with van der Waals surface area (Å²) in [6, 6.07) is 0. The van der Waals surface area contributed by atoms with Crippen molar-refractivity contribution in [1.82, 2.24) is 20.3 Å². The molecule has 0 aliphatic carbocycles. The SMILES string of the molecule is CCNc1nc(N(C)C)nc(N(C)CC(C)C(=O)NC)n1. The van der Waals surface area contributed by atoms with Gasteiger partial charge in [-0.1, -0.05) is 6.92 Å². The molecule has 1 rings (SSSR count). The Balaban J connectivity index is 2.96. The highest BCUT2D eigenvalue weighted by molar-refractivity contribution is 5.78. The minimum atomic E-state index is -0.151. The Morgan fingerprint density at radius 2 is 1.81 bits per heavy atom. The average Bonchev–Trinajstić information content (AvgIpc) is 2.46. The number of hydrogen-bond acceptors (Lipinski definition) is 7. The van der Waals surface area contributed by atoms with Gasteiger partial charge in [-0.2, -0.15) is 15.0 Å². The van der Waals surface area contributed by atoms with Crippen LogP contribution in [-0.4, -0.2) is 62.1 Å². The second-order valence-corrected chi connectivity index (χ2v) is 5.08. The largest absolute Gasteiger partial charge is 0.359 e. The molecule has 0 fully saturated rings. The topological polar surface area (TPSA) is 86.3 Å². The molecule has 0 bridgehead atoms. The fourth-order valence-corrected chi connectivity index (χ4v) is 1.78. The van der Waals surface area contributed by atoms with Crippen LogP contribution in [-0.2, 0) is 4.79 Å². The molecule has 1 aromatic heterocycles. The molecule has 1 unspecified atom stereocenters. The molecule has 8 heteroatoms. The normalized spacial score (nSPS) is 11.7. The Bertz CT molecular complexity index is 478. The lowest BCUT2D eigenvalue weighted by Crippen LogP contribution is -2.35. The summed E-state index contributed by atoms with van der Waals surface area (Å²) >= 11 is 0. The van der Waals surface area contributed by atoms with Gasteiger partial charge in [0.1, 0.15) is 0 Å². The first-order chi connectivity index (χ1) is 9.88. The van der Waals surface area contributed by atoms with Crippen molar-refractivity contribution in [2.45, 2.75) is 13.8 Å². The third-order valence-electron chi connectivity index (χ3n) is 2.93. The molecule has 0 aliphatic heterocycles. The lowest BCUT2D eigenvalue weighted by Gasteiger charge is -2.22. The number of hydrogen-bond donors (Lipinski definition) is 2. The van der Waals surface area contributed by atoms with Crippen LogP contribution in [0.5, 0.6) is 0 Å². The van der Waals surface area contributed by atoms with E-state index in [1.165, 1.54) is 0 Å². The van der Waals surface area contributed by atoms with Gasteiger partial charge in [-0.25, -0.2) is 0 Å². The zero-order valence-corrected chi connectivity index (χ0v) is 13.6. The molecule has 1 amide bonds. The van der Waals surface area contributed by atoms with Crippen molar-refractivity contribution in [1.29, 1.82) is 0 Å². The van der Waals surface area contributed by atoms with Gasteiger partial charge in [-0.15, -0.1) is 0 Å². The first kappa shape index (κ1) is 16.9. The van der Waals surface area contributed by atoms with Crippen LogP contribution in [0.15, 0.2) is 0 Å². The van der Waals surface area contributed by atoms with E-state index in [1.807, 2.05) is 44.8 Å². The van der Waals surface area contributed by atoms with Gasteiger partial charge in [0.15, 0.2) is 0 Å². The molecule has 2 N–H and O–H groups in total. The number of aromatic nitrogens is 3. The van der Waals surface area contributed by atoms with Crippen molar-refractivity contribution in [3.63, 3.8) is 0 Å². The van der Waals surface area contributed by atoms with E-state index in [9.17, 15) is 4.79 Å². The standard InChI is InChI=1S/C13H25N7O/c1-7-15-11-16-12(19(4)5)18-13(17-11)20(6)8-9(2)10(21)14-3/h9H,7-8H2,1-6H3,(H,14,21)(H,15,16,17,18). The van der Waals surface area contributed by atoms with Crippen LogP contribution >= 0.6 is 0 Å². The smallest absolute Gasteiger partial charge is 0.231 e. The summed E-state index contributed by atoms with van der Waals surface area (Å²) in [6.07, 6.45) is 0. The van der Waals surface area contributed by atoms with Crippen molar-refractivity contribution in [2.24, 2.45) is 5.92 Å². The van der Waals surface area contributed by atoms with E-state index in [0.29, 0.717) is 24.4 Å². The second kappa shape index (κ2) is 7.61. The zero-order valence-electron chi connectivity index (χ0n) is 13.6. The third kappa shape index (κ3) is 4.73. The van der Waals surface area contributed by atoms with Gasteiger partial charge in [0, 0.05) is 41.3 Å². The predicted molar refractivity (Wildman–Crippen MR) is 84.8 cm³/mol. The van der Waals surface area contributed by atoms with Crippen LogP contribution < -0.4 is 20.4 Å². The third-order valence-corrected chi connectivity index (χ3v) is 2.93. The van der Waals surface area contributed by atoms with Crippen molar-refractivity contribution < 1.29 is 4.79 Å². The first-order valence-corrected chi connectivity index (χ1v) is 6.99. The van der Waals surface area contributed by atoms with Crippen LogP contribution in [0.2, 0.25) is 0 Å². The molecule has 1 atom stereocenters. The summed E-state index contributed by atoms with van der Waals surface area (Å²) in [5, 5.41) is 5.73. The molecule has 0 aromatic carbocycles. The van der Waals surface area contributed by atoms with Crippen LogP contribution in [0.3, 0.4) is 0 Å². The molecule has 0 spiro atoms. The van der Waals surface area contributed by atoms with Gasteiger partial charge < -0.3 is 20.4 Å². The molecule has 118 valence electrons. The molecule has 21 heavy (non-hydrogen) atoms. The molecule has 1 heterocycles. The Kier molecular flexibility index (Phi) is 6.13. The van der Waals surface area contributed by atoms with E-state index in [-0.39, 0.29) is 11.8 Å². The van der Waals surface area contributed by atoms with Crippen molar-refractivity contribution in [3.8, 4) is 0 Å². The molecule has 0 radical (unpaired) electrons. The molecular formula is C13H25N7O. The van der Waals surface area contributed by atoms with E-state index in [4.69, 9.17) is 0 Å². The summed E-state index contributed by atoms with van der Waals surface area (Å²) in [4.78, 5) is 28.4. The number of amides is 1.